The standard InChI is InChI=1S/C21H38N.2ClH.Ti/c1-9-20(7,10-2)17-14-13-16(19(5,6)15-22)18(17)21(8,11-3)12-4;;;/h9-12,14-15,22H2,1-8H3;2*1H;/q-1;;;+3/p-2. The van der Waals surface area contributed by atoms with Gasteiger partial charge in [-0.25, -0.2) is 5.57 Å². The van der Waals surface area contributed by atoms with Crippen molar-refractivity contribution in [3.05, 3.63) is 22.8 Å². The molecule has 4 heteroatoms. The zero-order valence-corrected chi connectivity index (χ0v) is 20.6. The van der Waals surface area contributed by atoms with Crippen molar-refractivity contribution in [1.29, 1.82) is 0 Å². The van der Waals surface area contributed by atoms with Crippen LogP contribution < -0.4 is 30.5 Å². The molecular weight excluding hydrogens is 385 g/mol. The fourth-order valence-electron chi connectivity index (χ4n) is 3.65. The van der Waals surface area contributed by atoms with Gasteiger partial charge in [0.15, 0.2) is 0 Å². The molecule has 0 heterocycles. The smallest absolute Gasteiger partial charge is 1.00 e. The van der Waals surface area contributed by atoms with Gasteiger partial charge in [0.1, 0.15) is 0 Å². The topological polar surface area (TPSA) is 26.0 Å². The number of halogens is 2. The molecule has 0 fully saturated rings. The second-order valence-corrected chi connectivity index (χ2v) is 8.21. The van der Waals surface area contributed by atoms with Gasteiger partial charge < -0.3 is 30.5 Å². The van der Waals surface area contributed by atoms with Crippen LogP contribution in [0.1, 0.15) is 87.5 Å². The van der Waals surface area contributed by atoms with E-state index in [0.717, 1.165) is 6.42 Å². The van der Waals surface area contributed by atoms with E-state index in [0.29, 0.717) is 12.0 Å². The van der Waals surface area contributed by atoms with Crippen LogP contribution in [-0.2, 0) is 21.7 Å². The van der Waals surface area contributed by atoms with E-state index in [1.807, 2.05) is 0 Å². The van der Waals surface area contributed by atoms with Crippen LogP contribution in [0, 0.1) is 22.3 Å². The molecule has 0 aromatic heterocycles. The Morgan fingerprint density at radius 2 is 1.24 bits per heavy atom. The van der Waals surface area contributed by atoms with Gasteiger partial charge in [0.2, 0.25) is 0 Å². The molecule has 0 aromatic carbocycles. The zero-order chi connectivity index (χ0) is 17.2. The number of nitrogens with two attached hydrogens (primary N) is 1. The molecule has 0 atom stereocenters. The average molecular weight is 423 g/mol. The van der Waals surface area contributed by atoms with Crippen molar-refractivity contribution < 1.29 is 46.5 Å². The van der Waals surface area contributed by atoms with Crippen LogP contribution in [-0.4, -0.2) is 6.54 Å². The first-order valence-corrected chi connectivity index (χ1v) is 9.21. The molecule has 0 spiro atoms. The Morgan fingerprint density at radius 3 is 1.56 bits per heavy atom. The summed E-state index contributed by atoms with van der Waals surface area (Å²) in [5, 5.41) is 0. The minimum absolute atomic E-state index is 0. The molecular formula is C21H38Cl2NTi. The zero-order valence-electron chi connectivity index (χ0n) is 17.6. The van der Waals surface area contributed by atoms with Crippen molar-refractivity contribution in [2.24, 2.45) is 22.0 Å². The molecule has 0 unspecified atom stereocenters. The van der Waals surface area contributed by atoms with Gasteiger partial charge in [0.05, 0.1) is 0 Å². The average Bonchev–Trinajstić information content (AvgIpc) is 3.00. The molecule has 0 saturated heterocycles. The van der Waals surface area contributed by atoms with E-state index < -0.39 is 0 Å². The summed E-state index contributed by atoms with van der Waals surface area (Å²) in [6, 6.07) is 0. The Bertz CT molecular complexity index is 459. The fraction of sp³-hybridized carbons (Fsp3) is 0.810. The Morgan fingerprint density at radius 1 is 0.840 bits per heavy atom. The van der Waals surface area contributed by atoms with E-state index >= 15 is 0 Å². The summed E-state index contributed by atoms with van der Waals surface area (Å²) in [4.78, 5) is 0. The van der Waals surface area contributed by atoms with Crippen LogP contribution in [0.25, 0.3) is 0 Å². The molecule has 0 amide bonds. The molecule has 1 nitrogen and oxygen atoms in total. The summed E-state index contributed by atoms with van der Waals surface area (Å²) in [6.45, 7) is 19.4. The van der Waals surface area contributed by atoms with Crippen LogP contribution >= 0.6 is 0 Å². The van der Waals surface area contributed by atoms with Gasteiger partial charge in [0, 0.05) is 0 Å². The quantitative estimate of drug-likeness (QED) is 0.434. The van der Waals surface area contributed by atoms with E-state index in [-0.39, 0.29) is 57.4 Å². The van der Waals surface area contributed by atoms with E-state index in [2.05, 4.69) is 61.5 Å². The Kier molecular flexibility index (Phi) is 14.1. The molecule has 145 valence electrons. The fourth-order valence-corrected chi connectivity index (χ4v) is 3.65. The van der Waals surface area contributed by atoms with Crippen molar-refractivity contribution in [3.63, 3.8) is 0 Å². The Hall–Kier alpha value is 0.734. The number of allylic oxidation sites excluding steroid dienone is 3. The first-order valence-electron chi connectivity index (χ1n) is 9.21. The maximum Gasteiger partial charge on any atom is 3.00 e. The summed E-state index contributed by atoms with van der Waals surface area (Å²) in [7, 11) is 0. The monoisotopic (exact) mass is 422 g/mol. The molecule has 0 bridgehead atoms. The van der Waals surface area contributed by atoms with Gasteiger partial charge in [-0.3, -0.25) is 6.08 Å². The third-order valence-electron chi connectivity index (χ3n) is 6.63. The summed E-state index contributed by atoms with van der Waals surface area (Å²) in [5.74, 6) is 0. The predicted octanol–water partition coefficient (Wildman–Crippen LogP) is 0.0593. The molecule has 25 heavy (non-hydrogen) atoms. The molecule has 1 rings (SSSR count). The van der Waals surface area contributed by atoms with Crippen molar-refractivity contribution in [1.82, 2.24) is 0 Å². The molecule has 1 aliphatic carbocycles. The maximum absolute atomic E-state index is 6.11. The Balaban J connectivity index is -0.00000161. The molecule has 1 radical (unpaired) electrons. The molecule has 1 aliphatic rings. The summed E-state index contributed by atoms with van der Waals surface area (Å²) in [5.41, 5.74) is 11.3. The molecule has 0 aliphatic heterocycles. The van der Waals surface area contributed by atoms with Crippen LogP contribution in [0.15, 0.2) is 16.7 Å². The van der Waals surface area contributed by atoms with Crippen molar-refractivity contribution in [3.8, 4) is 0 Å². The van der Waals surface area contributed by atoms with Crippen LogP contribution in [0.3, 0.4) is 0 Å². The van der Waals surface area contributed by atoms with Gasteiger partial charge in [-0.05, 0) is 30.2 Å². The number of hydrogen-bond acceptors (Lipinski definition) is 1. The Labute approximate surface area is 184 Å². The van der Waals surface area contributed by atoms with Crippen molar-refractivity contribution in [2.45, 2.75) is 87.5 Å². The van der Waals surface area contributed by atoms with E-state index in [1.165, 1.54) is 31.3 Å². The van der Waals surface area contributed by atoms with E-state index in [1.54, 1.807) is 11.1 Å². The summed E-state index contributed by atoms with van der Waals surface area (Å²) >= 11 is 0. The van der Waals surface area contributed by atoms with Crippen LogP contribution in [0.5, 0.6) is 0 Å². The second kappa shape index (κ2) is 11.5. The number of hydrogen-bond donors (Lipinski definition) is 1. The summed E-state index contributed by atoms with van der Waals surface area (Å²) in [6.07, 6.45) is 9.51. The van der Waals surface area contributed by atoms with Crippen molar-refractivity contribution in [2.75, 3.05) is 6.54 Å². The normalized spacial score (nSPS) is 15.2. The predicted molar refractivity (Wildman–Crippen MR) is 98.6 cm³/mol. The minimum atomic E-state index is 0. The van der Waals surface area contributed by atoms with Crippen LogP contribution in [0.2, 0.25) is 0 Å². The van der Waals surface area contributed by atoms with Crippen molar-refractivity contribution >= 4 is 0 Å². The number of rotatable bonds is 8. The molecule has 0 aromatic rings. The largest absolute Gasteiger partial charge is 3.00 e. The minimum Gasteiger partial charge on any atom is -1.00 e. The van der Waals surface area contributed by atoms with Gasteiger partial charge in [-0.15, -0.1) is 6.42 Å². The van der Waals surface area contributed by atoms with Crippen LogP contribution in [0.4, 0.5) is 0 Å². The second-order valence-electron chi connectivity index (χ2n) is 8.21. The third-order valence-corrected chi connectivity index (χ3v) is 6.63. The van der Waals surface area contributed by atoms with Gasteiger partial charge in [-0.2, -0.15) is 11.1 Å². The van der Waals surface area contributed by atoms with Gasteiger partial charge >= 0.3 is 21.7 Å². The SMILES string of the molecule is CCC(C)(CC)C1=C(C(C)(CC)CC)C(C(C)(C)CN)=[C-]C1.[Cl-].[Cl-].[Ti+3]. The molecule has 0 saturated carbocycles. The van der Waals surface area contributed by atoms with Gasteiger partial charge in [0.25, 0.3) is 0 Å². The first kappa shape index (κ1) is 30.5. The summed E-state index contributed by atoms with van der Waals surface area (Å²) < 4.78 is 0. The van der Waals surface area contributed by atoms with Gasteiger partial charge in [-0.1, -0.05) is 73.6 Å². The maximum atomic E-state index is 6.11. The van der Waals surface area contributed by atoms with E-state index in [9.17, 15) is 0 Å². The third kappa shape index (κ3) is 5.85. The molecule has 2 N–H and O–H groups in total. The first-order chi connectivity index (χ1) is 10.2. The van der Waals surface area contributed by atoms with E-state index in [4.69, 9.17) is 5.73 Å².